The van der Waals surface area contributed by atoms with Crippen LogP contribution in [0.2, 0.25) is 0 Å². The molecule has 0 spiro atoms. The van der Waals surface area contributed by atoms with Crippen LogP contribution in [-0.2, 0) is 4.79 Å². The van der Waals surface area contributed by atoms with Gasteiger partial charge in [0.2, 0.25) is 0 Å². The molecular formula is C9H16O. The second-order valence-electron chi connectivity index (χ2n) is 3.43. The summed E-state index contributed by atoms with van der Waals surface area (Å²) in [5, 5.41) is 0. The molecular weight excluding hydrogens is 124 g/mol. The lowest BCUT2D eigenvalue weighted by atomic mass is 9.78. The van der Waals surface area contributed by atoms with Crippen LogP contribution in [0.5, 0.6) is 0 Å². The third-order valence-corrected chi connectivity index (χ3v) is 2.70. The Morgan fingerprint density at radius 3 is 2.80 bits per heavy atom. The summed E-state index contributed by atoms with van der Waals surface area (Å²) in [5.41, 5.74) is 0. The summed E-state index contributed by atoms with van der Waals surface area (Å²) < 4.78 is 0. The van der Waals surface area contributed by atoms with E-state index >= 15 is 0 Å². The smallest absolute Gasteiger partial charge is 0.133 e. The van der Waals surface area contributed by atoms with Gasteiger partial charge in [-0.3, -0.25) is 4.79 Å². The van der Waals surface area contributed by atoms with Crippen LogP contribution in [0.3, 0.4) is 0 Å². The van der Waals surface area contributed by atoms with E-state index < -0.39 is 0 Å². The zero-order valence-electron chi connectivity index (χ0n) is 6.89. The monoisotopic (exact) mass is 140 g/mol. The Labute approximate surface area is 62.8 Å². The molecule has 0 radical (unpaired) electrons. The highest BCUT2D eigenvalue weighted by Crippen LogP contribution is 2.29. The van der Waals surface area contributed by atoms with E-state index in [9.17, 15) is 4.79 Å². The summed E-state index contributed by atoms with van der Waals surface area (Å²) in [4.78, 5) is 11.0. The van der Waals surface area contributed by atoms with Crippen molar-refractivity contribution in [2.45, 2.75) is 39.5 Å². The number of Topliss-reactive ketones (excluding diaryl/α,β-unsaturated/α-hetero) is 1. The van der Waals surface area contributed by atoms with Gasteiger partial charge in [0, 0.05) is 12.8 Å². The Bertz CT molecular complexity index is 129. The highest BCUT2D eigenvalue weighted by atomic mass is 16.1. The van der Waals surface area contributed by atoms with Crippen molar-refractivity contribution < 1.29 is 4.79 Å². The van der Waals surface area contributed by atoms with Crippen LogP contribution >= 0.6 is 0 Å². The van der Waals surface area contributed by atoms with Crippen molar-refractivity contribution in [2.75, 3.05) is 0 Å². The predicted molar refractivity (Wildman–Crippen MR) is 41.8 cm³/mol. The second kappa shape index (κ2) is 3.18. The van der Waals surface area contributed by atoms with Crippen molar-refractivity contribution in [2.24, 2.45) is 11.8 Å². The Balaban J connectivity index is 2.45. The molecule has 0 amide bonds. The molecule has 1 aliphatic rings. The van der Waals surface area contributed by atoms with Crippen LogP contribution in [0.15, 0.2) is 0 Å². The van der Waals surface area contributed by atoms with E-state index in [2.05, 4.69) is 13.8 Å². The first-order valence-electron chi connectivity index (χ1n) is 4.25. The molecule has 1 heteroatoms. The lowest BCUT2D eigenvalue weighted by Crippen LogP contribution is -2.22. The van der Waals surface area contributed by atoms with Crippen LogP contribution in [0.4, 0.5) is 0 Å². The Morgan fingerprint density at radius 2 is 2.30 bits per heavy atom. The van der Waals surface area contributed by atoms with E-state index in [-0.39, 0.29) is 0 Å². The summed E-state index contributed by atoms with van der Waals surface area (Å²) in [7, 11) is 0. The van der Waals surface area contributed by atoms with Gasteiger partial charge in [0.15, 0.2) is 0 Å². The van der Waals surface area contributed by atoms with E-state index in [4.69, 9.17) is 0 Å². The lowest BCUT2D eigenvalue weighted by Gasteiger charge is -2.26. The minimum atomic E-state index is 0.477. The molecule has 2 unspecified atom stereocenters. The van der Waals surface area contributed by atoms with Gasteiger partial charge in [0.05, 0.1) is 0 Å². The van der Waals surface area contributed by atoms with Crippen molar-refractivity contribution in [3.63, 3.8) is 0 Å². The van der Waals surface area contributed by atoms with E-state index in [0.29, 0.717) is 11.7 Å². The highest BCUT2D eigenvalue weighted by molar-refractivity contribution is 5.79. The number of carbonyl (C=O) groups excluding carboxylic acids is 1. The third-order valence-electron chi connectivity index (χ3n) is 2.70. The largest absolute Gasteiger partial charge is 0.300 e. The topological polar surface area (TPSA) is 17.1 Å². The van der Waals surface area contributed by atoms with Crippen LogP contribution in [0.1, 0.15) is 39.5 Å². The predicted octanol–water partition coefficient (Wildman–Crippen LogP) is 2.40. The molecule has 1 saturated carbocycles. The second-order valence-corrected chi connectivity index (χ2v) is 3.43. The summed E-state index contributed by atoms with van der Waals surface area (Å²) in [6.45, 7) is 4.44. The maximum Gasteiger partial charge on any atom is 0.133 e. The lowest BCUT2D eigenvalue weighted by molar-refractivity contribution is -0.122. The summed E-state index contributed by atoms with van der Waals surface area (Å²) in [6.07, 6.45) is 3.97. The van der Waals surface area contributed by atoms with Crippen molar-refractivity contribution in [3.05, 3.63) is 0 Å². The van der Waals surface area contributed by atoms with Gasteiger partial charge >= 0.3 is 0 Å². The Hall–Kier alpha value is -0.330. The van der Waals surface area contributed by atoms with Crippen molar-refractivity contribution >= 4 is 5.78 Å². The average molecular weight is 140 g/mol. The number of rotatable bonds is 1. The summed E-state index contributed by atoms with van der Waals surface area (Å²) in [5.74, 6) is 1.94. The van der Waals surface area contributed by atoms with Gasteiger partial charge in [-0.05, 0) is 18.3 Å². The van der Waals surface area contributed by atoms with E-state index in [1.165, 1.54) is 6.42 Å². The van der Waals surface area contributed by atoms with Crippen LogP contribution < -0.4 is 0 Å². The maximum atomic E-state index is 11.0. The van der Waals surface area contributed by atoms with Gasteiger partial charge in [-0.15, -0.1) is 0 Å². The van der Waals surface area contributed by atoms with Gasteiger partial charge in [-0.2, -0.15) is 0 Å². The molecule has 10 heavy (non-hydrogen) atoms. The Morgan fingerprint density at radius 1 is 1.60 bits per heavy atom. The molecule has 1 fully saturated rings. The van der Waals surface area contributed by atoms with Gasteiger partial charge in [-0.1, -0.05) is 20.3 Å². The zero-order chi connectivity index (χ0) is 7.56. The standard InChI is InChI=1S/C9H16O/c1-3-8-6-9(10)5-4-7(8)2/h7-8H,3-6H2,1-2H3. The Kier molecular flexibility index (Phi) is 2.47. The third kappa shape index (κ3) is 1.59. The summed E-state index contributed by atoms with van der Waals surface area (Å²) in [6, 6.07) is 0. The van der Waals surface area contributed by atoms with Gasteiger partial charge in [0.1, 0.15) is 5.78 Å². The first-order chi connectivity index (χ1) is 4.74. The van der Waals surface area contributed by atoms with E-state index in [1.807, 2.05) is 0 Å². The molecule has 58 valence electrons. The zero-order valence-corrected chi connectivity index (χ0v) is 6.89. The summed E-state index contributed by atoms with van der Waals surface area (Å²) >= 11 is 0. The molecule has 0 aromatic heterocycles. The number of hydrogen-bond donors (Lipinski definition) is 0. The molecule has 1 nitrogen and oxygen atoms in total. The molecule has 0 aromatic carbocycles. The van der Waals surface area contributed by atoms with Crippen molar-refractivity contribution in [3.8, 4) is 0 Å². The molecule has 0 N–H and O–H groups in total. The first-order valence-corrected chi connectivity index (χ1v) is 4.25. The van der Waals surface area contributed by atoms with Gasteiger partial charge < -0.3 is 0 Å². The average Bonchev–Trinajstić information content (AvgIpc) is 1.94. The number of hydrogen-bond acceptors (Lipinski definition) is 1. The molecule has 0 aromatic rings. The minimum Gasteiger partial charge on any atom is -0.300 e. The normalized spacial score (nSPS) is 34.4. The quantitative estimate of drug-likeness (QED) is 0.546. The molecule has 0 heterocycles. The van der Waals surface area contributed by atoms with E-state index in [0.717, 1.165) is 25.2 Å². The van der Waals surface area contributed by atoms with Crippen molar-refractivity contribution in [1.29, 1.82) is 0 Å². The molecule has 1 aliphatic carbocycles. The number of carbonyl (C=O) groups is 1. The van der Waals surface area contributed by atoms with Crippen molar-refractivity contribution in [1.82, 2.24) is 0 Å². The SMILES string of the molecule is CCC1CC(=O)CCC1C. The molecule has 1 rings (SSSR count). The van der Waals surface area contributed by atoms with Crippen LogP contribution in [0.25, 0.3) is 0 Å². The van der Waals surface area contributed by atoms with E-state index in [1.54, 1.807) is 0 Å². The fourth-order valence-corrected chi connectivity index (χ4v) is 1.77. The number of ketones is 1. The highest BCUT2D eigenvalue weighted by Gasteiger charge is 2.23. The molecule has 2 atom stereocenters. The molecule has 0 bridgehead atoms. The molecule has 0 aliphatic heterocycles. The maximum absolute atomic E-state index is 11.0. The van der Waals surface area contributed by atoms with Crippen LogP contribution in [-0.4, -0.2) is 5.78 Å². The molecule has 0 saturated heterocycles. The van der Waals surface area contributed by atoms with Crippen LogP contribution in [0, 0.1) is 11.8 Å². The fraction of sp³-hybridized carbons (Fsp3) is 0.889. The van der Waals surface area contributed by atoms with Gasteiger partial charge in [0.25, 0.3) is 0 Å². The fourth-order valence-electron chi connectivity index (χ4n) is 1.77. The minimum absolute atomic E-state index is 0.477. The first kappa shape index (κ1) is 7.77. The van der Waals surface area contributed by atoms with Gasteiger partial charge in [-0.25, -0.2) is 0 Å².